The first-order valence-electron chi connectivity index (χ1n) is 7.12. The van der Waals surface area contributed by atoms with Gasteiger partial charge in [-0.1, -0.05) is 30.3 Å². The molecule has 1 aromatic rings. The molecule has 0 aliphatic carbocycles. The Kier molecular flexibility index (Phi) is 6.26. The second kappa shape index (κ2) is 8.20. The van der Waals surface area contributed by atoms with Gasteiger partial charge in [0.25, 0.3) is 0 Å². The molecule has 5 heteroatoms. The summed E-state index contributed by atoms with van der Waals surface area (Å²) in [6.45, 7) is 3.04. The van der Waals surface area contributed by atoms with Gasteiger partial charge >= 0.3 is 5.97 Å². The van der Waals surface area contributed by atoms with Crippen molar-refractivity contribution in [1.29, 1.82) is 0 Å². The minimum Gasteiger partial charge on any atom is -0.465 e. The van der Waals surface area contributed by atoms with E-state index in [0.29, 0.717) is 32.0 Å². The van der Waals surface area contributed by atoms with E-state index >= 15 is 0 Å². The average molecular weight is 308 g/mol. The normalized spacial score (nSPS) is 22.0. The maximum atomic E-state index is 11.9. The first-order valence-corrected chi connectivity index (χ1v) is 8.17. The van der Waals surface area contributed by atoms with Crippen molar-refractivity contribution in [2.24, 2.45) is 5.92 Å². The van der Waals surface area contributed by atoms with Crippen LogP contribution in [0.1, 0.15) is 18.9 Å². The van der Waals surface area contributed by atoms with Crippen LogP contribution in [0.15, 0.2) is 30.3 Å². The van der Waals surface area contributed by atoms with Crippen LogP contribution >= 0.6 is 11.8 Å². The summed E-state index contributed by atoms with van der Waals surface area (Å²) < 4.78 is 10.8. The fraction of sp³-hybridized carbons (Fsp3) is 0.500. The highest BCUT2D eigenvalue weighted by atomic mass is 32.2. The van der Waals surface area contributed by atoms with E-state index in [1.54, 1.807) is 6.92 Å². The van der Waals surface area contributed by atoms with Gasteiger partial charge < -0.3 is 9.47 Å². The largest absolute Gasteiger partial charge is 0.465 e. The summed E-state index contributed by atoms with van der Waals surface area (Å²) in [7, 11) is 0. The van der Waals surface area contributed by atoms with Crippen LogP contribution in [0, 0.1) is 5.92 Å². The molecule has 0 N–H and O–H groups in total. The lowest BCUT2D eigenvalue weighted by molar-refractivity contribution is -0.144. The predicted octanol–water partition coefficient (Wildman–Crippen LogP) is 2.46. The van der Waals surface area contributed by atoms with Gasteiger partial charge in [-0.05, 0) is 12.5 Å². The van der Waals surface area contributed by atoms with Crippen molar-refractivity contribution in [3.8, 4) is 0 Å². The number of benzene rings is 1. The molecule has 0 spiro atoms. The Labute approximate surface area is 129 Å². The third-order valence-corrected chi connectivity index (χ3v) is 4.73. The molecular formula is C16H20O4S. The molecule has 114 valence electrons. The van der Waals surface area contributed by atoms with Crippen LogP contribution in [0.4, 0.5) is 0 Å². The summed E-state index contributed by atoms with van der Waals surface area (Å²) in [5.74, 6) is 0.231. The molecule has 1 aromatic carbocycles. The molecule has 1 fully saturated rings. The number of hydrogen-bond acceptors (Lipinski definition) is 5. The number of carbonyl (C=O) groups excluding carboxylic acids is 2. The van der Waals surface area contributed by atoms with Crippen molar-refractivity contribution < 1.29 is 19.1 Å². The van der Waals surface area contributed by atoms with Crippen molar-refractivity contribution >= 4 is 23.5 Å². The smallest absolute Gasteiger partial charge is 0.319 e. The van der Waals surface area contributed by atoms with Crippen molar-refractivity contribution in [1.82, 2.24) is 0 Å². The van der Waals surface area contributed by atoms with Gasteiger partial charge in [0.05, 0.1) is 25.6 Å². The summed E-state index contributed by atoms with van der Waals surface area (Å²) in [4.78, 5) is 23.5. The molecule has 2 atom stereocenters. The van der Waals surface area contributed by atoms with Crippen LogP contribution in [-0.4, -0.2) is 36.0 Å². The number of thioether (sulfide) groups is 1. The molecule has 2 rings (SSSR count). The van der Waals surface area contributed by atoms with Crippen LogP contribution < -0.4 is 0 Å². The lowest BCUT2D eigenvalue weighted by Gasteiger charge is -2.28. The number of carbonyl (C=O) groups is 2. The Balaban J connectivity index is 1.87. The van der Waals surface area contributed by atoms with Crippen LogP contribution in [-0.2, 0) is 25.7 Å². The Hall–Kier alpha value is -1.33. The van der Waals surface area contributed by atoms with Gasteiger partial charge in [0, 0.05) is 12.3 Å². The maximum absolute atomic E-state index is 11.9. The van der Waals surface area contributed by atoms with Crippen molar-refractivity contribution in [3.63, 3.8) is 0 Å². The third-order valence-electron chi connectivity index (χ3n) is 3.30. The Morgan fingerprint density at radius 3 is 2.81 bits per heavy atom. The number of Topliss-reactive ketones (excluding diaryl/α,β-unsaturated/α-hetero) is 1. The summed E-state index contributed by atoms with van der Waals surface area (Å²) in [5, 5.41) is -0.293. The van der Waals surface area contributed by atoms with Crippen molar-refractivity contribution in [2.45, 2.75) is 25.2 Å². The van der Waals surface area contributed by atoms with Gasteiger partial charge in [-0.25, -0.2) is 0 Å². The fourth-order valence-electron chi connectivity index (χ4n) is 2.31. The van der Waals surface area contributed by atoms with Crippen molar-refractivity contribution in [2.75, 3.05) is 19.0 Å². The van der Waals surface area contributed by atoms with Crippen LogP contribution in [0.5, 0.6) is 0 Å². The first-order chi connectivity index (χ1) is 10.2. The number of esters is 1. The van der Waals surface area contributed by atoms with Gasteiger partial charge in [0.1, 0.15) is 11.0 Å². The molecule has 1 aliphatic rings. The molecular weight excluding hydrogens is 288 g/mol. The highest BCUT2D eigenvalue weighted by Gasteiger charge is 2.36. The Morgan fingerprint density at radius 2 is 2.10 bits per heavy atom. The summed E-state index contributed by atoms with van der Waals surface area (Å²) in [6, 6.07) is 9.85. The number of ether oxygens (including phenoxy) is 2. The number of ketones is 1. The van der Waals surface area contributed by atoms with E-state index in [-0.39, 0.29) is 22.9 Å². The molecule has 1 aliphatic heterocycles. The molecule has 1 heterocycles. The molecule has 0 amide bonds. The lowest BCUT2D eigenvalue weighted by atomic mass is 9.99. The summed E-state index contributed by atoms with van der Waals surface area (Å²) >= 11 is 1.37. The topological polar surface area (TPSA) is 52.6 Å². The second-order valence-electron chi connectivity index (χ2n) is 4.99. The quantitative estimate of drug-likeness (QED) is 0.756. The van der Waals surface area contributed by atoms with E-state index in [9.17, 15) is 9.59 Å². The van der Waals surface area contributed by atoms with E-state index < -0.39 is 0 Å². The number of rotatable bonds is 6. The minimum atomic E-state index is -0.293. The van der Waals surface area contributed by atoms with Gasteiger partial charge in [-0.3, -0.25) is 9.59 Å². The zero-order valence-corrected chi connectivity index (χ0v) is 12.9. The van der Waals surface area contributed by atoms with E-state index in [1.165, 1.54) is 11.8 Å². The standard InChI is InChI=1S/C16H20O4S/c1-2-20-16(18)15-13(8-14(17)11-21-15)10-19-9-12-6-4-3-5-7-12/h3-7,13,15H,2,8-11H2,1H3/t13-,15-/m0/s1. The van der Waals surface area contributed by atoms with E-state index in [2.05, 4.69) is 0 Å². The van der Waals surface area contributed by atoms with Crippen LogP contribution in [0.2, 0.25) is 0 Å². The minimum absolute atomic E-state index is 0.0981. The first kappa shape index (κ1) is 16.0. The van der Waals surface area contributed by atoms with E-state index in [1.807, 2.05) is 30.3 Å². The van der Waals surface area contributed by atoms with Gasteiger partial charge in [-0.2, -0.15) is 0 Å². The fourth-order valence-corrected chi connectivity index (χ4v) is 3.45. The van der Waals surface area contributed by atoms with Gasteiger partial charge in [0.2, 0.25) is 0 Å². The molecule has 21 heavy (non-hydrogen) atoms. The molecule has 0 unspecified atom stereocenters. The molecule has 1 saturated heterocycles. The molecule has 0 radical (unpaired) electrons. The average Bonchev–Trinajstić information content (AvgIpc) is 2.49. The van der Waals surface area contributed by atoms with Crippen LogP contribution in [0.25, 0.3) is 0 Å². The molecule has 0 saturated carbocycles. The van der Waals surface area contributed by atoms with E-state index in [0.717, 1.165) is 5.56 Å². The highest BCUT2D eigenvalue weighted by molar-refractivity contribution is 8.01. The SMILES string of the molecule is CCOC(=O)[C@H]1SCC(=O)C[C@H]1COCc1ccccc1. The van der Waals surface area contributed by atoms with Crippen LogP contribution in [0.3, 0.4) is 0 Å². The zero-order valence-electron chi connectivity index (χ0n) is 12.1. The van der Waals surface area contributed by atoms with E-state index in [4.69, 9.17) is 9.47 Å². The highest BCUT2D eigenvalue weighted by Crippen LogP contribution is 2.30. The van der Waals surface area contributed by atoms with Gasteiger partial charge in [-0.15, -0.1) is 11.8 Å². The summed E-state index contributed by atoms with van der Waals surface area (Å²) in [5.41, 5.74) is 1.08. The predicted molar refractivity (Wildman–Crippen MR) is 82.1 cm³/mol. The molecule has 0 aromatic heterocycles. The lowest BCUT2D eigenvalue weighted by Crippen LogP contribution is -2.37. The molecule has 0 bridgehead atoms. The molecule has 4 nitrogen and oxygen atoms in total. The van der Waals surface area contributed by atoms with Crippen molar-refractivity contribution in [3.05, 3.63) is 35.9 Å². The Morgan fingerprint density at radius 1 is 1.33 bits per heavy atom. The monoisotopic (exact) mass is 308 g/mol. The number of hydrogen-bond donors (Lipinski definition) is 0. The maximum Gasteiger partial charge on any atom is 0.319 e. The van der Waals surface area contributed by atoms with Gasteiger partial charge in [0.15, 0.2) is 0 Å². The third kappa shape index (κ3) is 4.86. The zero-order chi connectivity index (χ0) is 15.1. The Bertz CT molecular complexity index is 474. The summed E-state index contributed by atoms with van der Waals surface area (Å²) in [6.07, 6.45) is 0.394. The second-order valence-corrected chi connectivity index (χ2v) is 6.12.